The first-order valence-electron chi connectivity index (χ1n) is 6.47. The standard InChI is InChI=1S/C14H17F2NO3/c1-8-7-9(5-6-20-8)17-11-4-3-10(14(18)19-2)12(15)13(11)16/h3-4,8-9,17H,5-7H2,1-2H3. The molecule has 1 aromatic rings. The zero-order valence-corrected chi connectivity index (χ0v) is 11.4. The number of carbonyl (C=O) groups is 1. The molecule has 2 unspecified atom stereocenters. The Morgan fingerprint density at radius 2 is 2.15 bits per heavy atom. The van der Waals surface area contributed by atoms with Gasteiger partial charge in [-0.1, -0.05) is 0 Å². The number of benzene rings is 1. The first-order chi connectivity index (χ1) is 9.52. The minimum absolute atomic E-state index is 0.0247. The predicted molar refractivity (Wildman–Crippen MR) is 69.8 cm³/mol. The first-order valence-corrected chi connectivity index (χ1v) is 6.47. The van der Waals surface area contributed by atoms with Crippen molar-refractivity contribution in [2.24, 2.45) is 0 Å². The van der Waals surface area contributed by atoms with Crippen LogP contribution >= 0.6 is 0 Å². The van der Waals surface area contributed by atoms with Crippen molar-refractivity contribution >= 4 is 11.7 Å². The Labute approximate surface area is 116 Å². The molecule has 1 fully saturated rings. The van der Waals surface area contributed by atoms with Crippen LogP contribution in [0.3, 0.4) is 0 Å². The Bertz CT molecular complexity index is 507. The predicted octanol–water partition coefficient (Wildman–Crippen LogP) is 2.73. The molecule has 1 aliphatic heterocycles. The van der Waals surface area contributed by atoms with Crippen LogP contribution in [0.4, 0.5) is 14.5 Å². The van der Waals surface area contributed by atoms with Crippen molar-refractivity contribution in [2.45, 2.75) is 31.9 Å². The van der Waals surface area contributed by atoms with Gasteiger partial charge in [0, 0.05) is 12.6 Å². The third kappa shape index (κ3) is 3.07. The lowest BCUT2D eigenvalue weighted by Gasteiger charge is -2.28. The van der Waals surface area contributed by atoms with Crippen LogP contribution in [0.1, 0.15) is 30.1 Å². The molecule has 1 N–H and O–H groups in total. The zero-order valence-electron chi connectivity index (χ0n) is 11.4. The summed E-state index contributed by atoms with van der Waals surface area (Å²) in [4.78, 5) is 11.3. The summed E-state index contributed by atoms with van der Waals surface area (Å²) in [6.45, 7) is 2.52. The van der Waals surface area contributed by atoms with E-state index in [0.29, 0.717) is 6.61 Å². The van der Waals surface area contributed by atoms with Crippen molar-refractivity contribution in [1.29, 1.82) is 0 Å². The molecule has 4 nitrogen and oxygen atoms in total. The lowest BCUT2D eigenvalue weighted by atomic mass is 10.0. The summed E-state index contributed by atoms with van der Waals surface area (Å²) in [7, 11) is 1.12. The molecule has 0 bridgehead atoms. The van der Waals surface area contributed by atoms with Crippen LogP contribution in [-0.2, 0) is 9.47 Å². The monoisotopic (exact) mass is 285 g/mol. The molecule has 110 valence electrons. The zero-order chi connectivity index (χ0) is 14.7. The second-order valence-electron chi connectivity index (χ2n) is 4.83. The number of ether oxygens (including phenoxy) is 2. The van der Waals surface area contributed by atoms with E-state index in [4.69, 9.17) is 4.74 Å². The molecule has 1 saturated heterocycles. The molecule has 0 amide bonds. The van der Waals surface area contributed by atoms with E-state index >= 15 is 0 Å². The summed E-state index contributed by atoms with van der Waals surface area (Å²) in [5.41, 5.74) is -0.356. The van der Waals surface area contributed by atoms with E-state index in [0.717, 1.165) is 20.0 Å². The number of hydrogen-bond acceptors (Lipinski definition) is 4. The highest BCUT2D eigenvalue weighted by Crippen LogP contribution is 2.24. The largest absolute Gasteiger partial charge is 0.465 e. The van der Waals surface area contributed by atoms with Gasteiger partial charge in [-0.3, -0.25) is 0 Å². The number of methoxy groups -OCH3 is 1. The van der Waals surface area contributed by atoms with Gasteiger partial charge in [0.2, 0.25) is 0 Å². The highest BCUT2D eigenvalue weighted by Gasteiger charge is 2.23. The lowest BCUT2D eigenvalue weighted by Crippen LogP contribution is -2.32. The normalized spacial score (nSPS) is 22.4. The number of carbonyl (C=O) groups excluding carboxylic acids is 1. The Morgan fingerprint density at radius 1 is 1.40 bits per heavy atom. The first kappa shape index (κ1) is 14.7. The number of esters is 1. The van der Waals surface area contributed by atoms with Gasteiger partial charge in [0.15, 0.2) is 11.6 Å². The number of nitrogens with one attached hydrogen (secondary N) is 1. The molecular formula is C14H17F2NO3. The van der Waals surface area contributed by atoms with E-state index < -0.39 is 23.2 Å². The van der Waals surface area contributed by atoms with Crippen LogP contribution in [0.25, 0.3) is 0 Å². The fraction of sp³-hybridized carbons (Fsp3) is 0.500. The molecule has 20 heavy (non-hydrogen) atoms. The summed E-state index contributed by atoms with van der Waals surface area (Å²) in [6.07, 6.45) is 1.53. The van der Waals surface area contributed by atoms with E-state index in [9.17, 15) is 13.6 Å². The van der Waals surface area contributed by atoms with E-state index in [1.165, 1.54) is 12.1 Å². The summed E-state index contributed by atoms with van der Waals surface area (Å²) in [5.74, 6) is -3.15. The van der Waals surface area contributed by atoms with Gasteiger partial charge < -0.3 is 14.8 Å². The average Bonchev–Trinajstić information content (AvgIpc) is 2.43. The van der Waals surface area contributed by atoms with Crippen LogP contribution in [0, 0.1) is 11.6 Å². The van der Waals surface area contributed by atoms with Gasteiger partial charge in [-0.25, -0.2) is 13.6 Å². The SMILES string of the molecule is COC(=O)c1ccc(NC2CCOC(C)C2)c(F)c1F. The minimum atomic E-state index is -1.19. The van der Waals surface area contributed by atoms with Gasteiger partial charge in [-0.15, -0.1) is 0 Å². The Hall–Kier alpha value is -1.69. The van der Waals surface area contributed by atoms with Crippen molar-refractivity contribution < 1.29 is 23.0 Å². The van der Waals surface area contributed by atoms with Crippen molar-refractivity contribution in [1.82, 2.24) is 0 Å². The minimum Gasteiger partial charge on any atom is -0.465 e. The van der Waals surface area contributed by atoms with Gasteiger partial charge in [-0.05, 0) is 31.9 Å². The van der Waals surface area contributed by atoms with Crippen LogP contribution in [0.5, 0.6) is 0 Å². The molecule has 1 aromatic carbocycles. The lowest BCUT2D eigenvalue weighted by molar-refractivity contribution is 0.0232. The molecule has 1 aliphatic rings. The molecule has 0 aromatic heterocycles. The van der Waals surface area contributed by atoms with Gasteiger partial charge in [0.25, 0.3) is 0 Å². The maximum atomic E-state index is 13.9. The van der Waals surface area contributed by atoms with E-state index in [-0.39, 0.29) is 17.8 Å². The fourth-order valence-corrected chi connectivity index (χ4v) is 2.28. The Morgan fingerprint density at radius 3 is 2.80 bits per heavy atom. The quantitative estimate of drug-likeness (QED) is 0.867. The highest BCUT2D eigenvalue weighted by atomic mass is 19.2. The third-order valence-electron chi connectivity index (χ3n) is 3.33. The maximum absolute atomic E-state index is 13.9. The molecule has 0 radical (unpaired) electrons. The van der Waals surface area contributed by atoms with Crippen molar-refractivity contribution in [3.05, 3.63) is 29.3 Å². The number of rotatable bonds is 3. The van der Waals surface area contributed by atoms with Crippen LogP contribution in [0.15, 0.2) is 12.1 Å². The van der Waals surface area contributed by atoms with Crippen molar-refractivity contribution in [2.75, 3.05) is 19.0 Å². The number of halogens is 2. The molecule has 0 saturated carbocycles. The Balaban J connectivity index is 2.17. The molecule has 2 rings (SSSR count). The second-order valence-corrected chi connectivity index (χ2v) is 4.83. The average molecular weight is 285 g/mol. The van der Waals surface area contributed by atoms with Crippen LogP contribution < -0.4 is 5.32 Å². The molecule has 0 spiro atoms. The third-order valence-corrected chi connectivity index (χ3v) is 3.33. The number of anilines is 1. The smallest absolute Gasteiger partial charge is 0.340 e. The topological polar surface area (TPSA) is 47.6 Å². The maximum Gasteiger partial charge on any atom is 0.340 e. The summed E-state index contributed by atoms with van der Waals surface area (Å²) in [6, 6.07) is 2.59. The van der Waals surface area contributed by atoms with Gasteiger partial charge in [-0.2, -0.15) is 0 Å². The van der Waals surface area contributed by atoms with E-state index in [1.807, 2.05) is 6.92 Å². The summed E-state index contributed by atoms with van der Waals surface area (Å²) < 4.78 is 37.5. The van der Waals surface area contributed by atoms with Gasteiger partial charge in [0.05, 0.1) is 24.5 Å². The van der Waals surface area contributed by atoms with Crippen LogP contribution in [0.2, 0.25) is 0 Å². The molecule has 6 heteroatoms. The number of hydrogen-bond donors (Lipinski definition) is 1. The second kappa shape index (κ2) is 6.17. The molecular weight excluding hydrogens is 268 g/mol. The molecule has 2 atom stereocenters. The highest BCUT2D eigenvalue weighted by molar-refractivity contribution is 5.90. The van der Waals surface area contributed by atoms with E-state index in [2.05, 4.69) is 10.1 Å². The fourth-order valence-electron chi connectivity index (χ4n) is 2.28. The summed E-state index contributed by atoms with van der Waals surface area (Å²) >= 11 is 0. The van der Waals surface area contributed by atoms with E-state index in [1.54, 1.807) is 0 Å². The van der Waals surface area contributed by atoms with Gasteiger partial charge >= 0.3 is 5.97 Å². The van der Waals surface area contributed by atoms with Gasteiger partial charge in [0.1, 0.15) is 0 Å². The molecule has 0 aliphatic carbocycles. The Kier molecular flexibility index (Phi) is 4.54. The summed E-state index contributed by atoms with van der Waals surface area (Å²) in [5, 5.41) is 2.96. The molecule has 1 heterocycles. The van der Waals surface area contributed by atoms with Crippen molar-refractivity contribution in [3.8, 4) is 0 Å². The van der Waals surface area contributed by atoms with Crippen LogP contribution in [-0.4, -0.2) is 31.8 Å². The van der Waals surface area contributed by atoms with Crippen molar-refractivity contribution in [3.63, 3.8) is 0 Å².